The lowest BCUT2D eigenvalue weighted by atomic mass is 10.1. The lowest BCUT2D eigenvalue weighted by molar-refractivity contribution is 0.375. The van der Waals surface area contributed by atoms with Gasteiger partial charge in [-0.3, -0.25) is 9.36 Å². The first kappa shape index (κ1) is 21.0. The zero-order valence-electron chi connectivity index (χ0n) is 17.6. The Kier molecular flexibility index (Phi) is 5.47. The van der Waals surface area contributed by atoms with Crippen molar-refractivity contribution in [2.75, 3.05) is 7.05 Å². The fraction of sp³-hybridized carbons (Fsp3) is 0.167. The molecular formula is C24H23N3O3S. The molecule has 0 aliphatic rings. The van der Waals surface area contributed by atoms with Gasteiger partial charge in [0.1, 0.15) is 5.82 Å². The predicted octanol–water partition coefficient (Wildman–Crippen LogP) is 3.98. The van der Waals surface area contributed by atoms with Crippen LogP contribution in [0.5, 0.6) is 0 Å². The van der Waals surface area contributed by atoms with Gasteiger partial charge in [-0.25, -0.2) is 13.4 Å². The molecule has 1 aromatic heterocycles. The Morgan fingerprint density at radius 1 is 0.871 bits per heavy atom. The molecule has 0 saturated heterocycles. The van der Waals surface area contributed by atoms with Crippen LogP contribution in [0.4, 0.5) is 0 Å². The van der Waals surface area contributed by atoms with Crippen molar-refractivity contribution < 1.29 is 8.42 Å². The van der Waals surface area contributed by atoms with Crippen LogP contribution in [0.15, 0.2) is 88.6 Å². The van der Waals surface area contributed by atoms with Crippen molar-refractivity contribution in [2.24, 2.45) is 7.05 Å². The van der Waals surface area contributed by atoms with E-state index in [1.54, 1.807) is 62.5 Å². The van der Waals surface area contributed by atoms with Gasteiger partial charge in [0.25, 0.3) is 5.56 Å². The first-order valence-corrected chi connectivity index (χ1v) is 11.3. The van der Waals surface area contributed by atoms with Crippen molar-refractivity contribution in [3.8, 4) is 11.1 Å². The van der Waals surface area contributed by atoms with Gasteiger partial charge in [0.15, 0.2) is 0 Å². The number of hydrogen-bond acceptors (Lipinski definition) is 4. The van der Waals surface area contributed by atoms with Gasteiger partial charge >= 0.3 is 0 Å². The monoisotopic (exact) mass is 433 g/mol. The molecule has 4 rings (SSSR count). The Balaban J connectivity index is 1.68. The van der Waals surface area contributed by atoms with Gasteiger partial charge in [-0.05, 0) is 42.3 Å². The first-order valence-electron chi connectivity index (χ1n) is 9.90. The normalized spacial score (nSPS) is 12.9. The molecule has 0 radical (unpaired) electrons. The molecule has 0 spiro atoms. The van der Waals surface area contributed by atoms with Gasteiger partial charge in [0, 0.05) is 14.1 Å². The molecule has 1 heterocycles. The summed E-state index contributed by atoms with van der Waals surface area (Å²) in [6.45, 7) is 1.73. The quantitative estimate of drug-likeness (QED) is 0.477. The Labute approximate surface area is 181 Å². The van der Waals surface area contributed by atoms with E-state index in [1.807, 2.05) is 30.3 Å². The molecule has 0 bridgehead atoms. The Morgan fingerprint density at radius 2 is 1.45 bits per heavy atom. The molecular weight excluding hydrogens is 410 g/mol. The van der Waals surface area contributed by atoms with E-state index in [4.69, 9.17) is 0 Å². The molecule has 0 saturated carbocycles. The topological polar surface area (TPSA) is 72.3 Å². The summed E-state index contributed by atoms with van der Waals surface area (Å²) >= 11 is 0. The molecule has 0 aliphatic carbocycles. The summed E-state index contributed by atoms with van der Waals surface area (Å²) in [5.74, 6) is 0.385. The first-order chi connectivity index (χ1) is 14.8. The highest BCUT2D eigenvalue weighted by atomic mass is 32.2. The second kappa shape index (κ2) is 8.09. The molecule has 4 aromatic rings. The summed E-state index contributed by atoms with van der Waals surface area (Å²) in [5, 5.41) is 0.503. The van der Waals surface area contributed by atoms with Gasteiger partial charge in [0.2, 0.25) is 10.0 Å². The lowest BCUT2D eigenvalue weighted by Gasteiger charge is -2.25. The number of aromatic nitrogens is 2. The van der Waals surface area contributed by atoms with Crippen LogP contribution in [0.25, 0.3) is 22.0 Å². The summed E-state index contributed by atoms with van der Waals surface area (Å²) in [6.07, 6.45) is 0. The Morgan fingerprint density at radius 3 is 2.13 bits per heavy atom. The average Bonchev–Trinajstić information content (AvgIpc) is 2.81. The third-order valence-corrected chi connectivity index (χ3v) is 7.52. The molecule has 158 valence electrons. The molecule has 0 amide bonds. The minimum absolute atomic E-state index is 0.187. The minimum Gasteiger partial charge on any atom is -0.298 e. The van der Waals surface area contributed by atoms with E-state index < -0.39 is 16.1 Å². The largest absolute Gasteiger partial charge is 0.298 e. The Bertz CT molecular complexity index is 1400. The molecule has 0 N–H and O–H groups in total. The highest BCUT2D eigenvalue weighted by Gasteiger charge is 2.29. The number of benzene rings is 3. The standard InChI is InChI=1S/C24H23N3O3S/c1-17(23-25-22-12-8-7-11-21(22)24(28)26(23)2)27(3)31(29,30)20-15-13-19(14-16-20)18-9-5-4-6-10-18/h4-17H,1-3H3. The highest BCUT2D eigenvalue weighted by molar-refractivity contribution is 7.89. The minimum atomic E-state index is -3.79. The Hall–Kier alpha value is -3.29. The summed E-state index contributed by atoms with van der Waals surface area (Å²) in [6, 6.07) is 23.0. The van der Waals surface area contributed by atoms with E-state index in [9.17, 15) is 13.2 Å². The molecule has 6 nitrogen and oxygen atoms in total. The van der Waals surface area contributed by atoms with Gasteiger partial charge in [0.05, 0.1) is 21.8 Å². The van der Waals surface area contributed by atoms with E-state index in [2.05, 4.69) is 4.98 Å². The lowest BCUT2D eigenvalue weighted by Crippen LogP contribution is -2.34. The van der Waals surface area contributed by atoms with Crippen LogP contribution in [0.3, 0.4) is 0 Å². The van der Waals surface area contributed by atoms with Gasteiger partial charge in [-0.1, -0.05) is 54.6 Å². The van der Waals surface area contributed by atoms with Crippen LogP contribution in [-0.2, 0) is 17.1 Å². The third-order valence-electron chi connectivity index (χ3n) is 5.58. The second-order valence-electron chi connectivity index (χ2n) is 7.44. The van der Waals surface area contributed by atoms with Crippen LogP contribution < -0.4 is 5.56 Å². The zero-order valence-corrected chi connectivity index (χ0v) is 18.4. The number of nitrogens with zero attached hydrogens (tertiary/aromatic N) is 3. The summed E-state index contributed by atoms with van der Waals surface area (Å²) in [5.41, 5.74) is 2.30. The van der Waals surface area contributed by atoms with Gasteiger partial charge < -0.3 is 0 Å². The summed E-state index contributed by atoms with van der Waals surface area (Å²) < 4.78 is 29.2. The number of rotatable bonds is 5. The fourth-order valence-electron chi connectivity index (χ4n) is 3.60. The van der Waals surface area contributed by atoms with E-state index in [1.165, 1.54) is 15.9 Å². The van der Waals surface area contributed by atoms with Crippen molar-refractivity contribution >= 4 is 20.9 Å². The van der Waals surface area contributed by atoms with Crippen molar-refractivity contribution in [3.63, 3.8) is 0 Å². The molecule has 0 aliphatic heterocycles. The average molecular weight is 434 g/mol. The molecule has 7 heteroatoms. The van der Waals surface area contributed by atoms with Crippen molar-refractivity contribution in [1.82, 2.24) is 13.9 Å². The van der Waals surface area contributed by atoms with Crippen LogP contribution in [0, 0.1) is 0 Å². The maximum atomic E-state index is 13.3. The van der Waals surface area contributed by atoms with E-state index in [0.717, 1.165) is 11.1 Å². The summed E-state index contributed by atoms with van der Waals surface area (Å²) in [4.78, 5) is 17.5. The number of sulfonamides is 1. The molecule has 0 fully saturated rings. The SMILES string of the molecule is CC(c1nc2ccccc2c(=O)n1C)N(C)S(=O)(=O)c1ccc(-c2ccccc2)cc1. The maximum Gasteiger partial charge on any atom is 0.261 e. The van der Waals surface area contributed by atoms with Crippen LogP contribution in [0.2, 0.25) is 0 Å². The van der Waals surface area contributed by atoms with Crippen LogP contribution in [0.1, 0.15) is 18.8 Å². The second-order valence-corrected chi connectivity index (χ2v) is 9.44. The smallest absolute Gasteiger partial charge is 0.261 e. The highest BCUT2D eigenvalue weighted by Crippen LogP contribution is 2.27. The predicted molar refractivity (Wildman–Crippen MR) is 122 cm³/mol. The number of fused-ring (bicyclic) bond motifs is 1. The van der Waals surface area contributed by atoms with Crippen LogP contribution >= 0.6 is 0 Å². The molecule has 1 unspecified atom stereocenters. The van der Waals surface area contributed by atoms with Gasteiger partial charge in [-0.2, -0.15) is 4.31 Å². The van der Waals surface area contributed by atoms with E-state index in [0.29, 0.717) is 16.7 Å². The zero-order chi connectivity index (χ0) is 22.2. The van der Waals surface area contributed by atoms with Crippen molar-refractivity contribution in [1.29, 1.82) is 0 Å². The fourth-order valence-corrected chi connectivity index (χ4v) is 4.92. The van der Waals surface area contributed by atoms with E-state index >= 15 is 0 Å². The maximum absolute atomic E-state index is 13.3. The van der Waals surface area contributed by atoms with Crippen molar-refractivity contribution in [2.45, 2.75) is 17.9 Å². The number of para-hydroxylation sites is 1. The third kappa shape index (κ3) is 3.78. The van der Waals surface area contributed by atoms with E-state index in [-0.39, 0.29) is 10.5 Å². The van der Waals surface area contributed by atoms with Crippen molar-refractivity contribution in [3.05, 3.63) is 95.0 Å². The van der Waals surface area contributed by atoms with Gasteiger partial charge in [-0.15, -0.1) is 0 Å². The van der Waals surface area contributed by atoms with Crippen LogP contribution in [-0.4, -0.2) is 29.3 Å². The molecule has 31 heavy (non-hydrogen) atoms. The molecule has 1 atom stereocenters. The number of hydrogen-bond donors (Lipinski definition) is 0. The molecule has 3 aromatic carbocycles. The summed E-state index contributed by atoms with van der Waals surface area (Å²) in [7, 11) is -0.670.